The standard InChI is InChI=1S/C17H22Cl2N2/c1-10-5-4-6-15(11(10)2)21-16-9-13(19)7-8-14(16)20-17(21)12(3)18/h7-12,15H,4-6H2,1-3H3. The molecule has 0 N–H and O–H groups in total. The molecule has 0 radical (unpaired) electrons. The summed E-state index contributed by atoms with van der Waals surface area (Å²) in [6, 6.07) is 6.39. The number of alkyl halides is 1. The Bertz CT molecular complexity index is 648. The number of benzene rings is 1. The lowest BCUT2D eigenvalue weighted by molar-refractivity contribution is 0.186. The van der Waals surface area contributed by atoms with Gasteiger partial charge in [-0.2, -0.15) is 0 Å². The van der Waals surface area contributed by atoms with Crippen LogP contribution in [0.25, 0.3) is 11.0 Å². The molecule has 1 aromatic carbocycles. The first-order chi connectivity index (χ1) is 9.99. The summed E-state index contributed by atoms with van der Waals surface area (Å²) in [4.78, 5) is 4.76. The fourth-order valence-electron chi connectivity index (χ4n) is 3.63. The van der Waals surface area contributed by atoms with Crippen LogP contribution >= 0.6 is 23.2 Å². The van der Waals surface area contributed by atoms with E-state index in [1.54, 1.807) is 0 Å². The molecule has 1 aliphatic carbocycles. The minimum atomic E-state index is -0.0967. The van der Waals surface area contributed by atoms with Gasteiger partial charge in [-0.1, -0.05) is 38.3 Å². The normalized spacial score (nSPS) is 28.0. The van der Waals surface area contributed by atoms with Crippen molar-refractivity contribution in [3.63, 3.8) is 0 Å². The van der Waals surface area contributed by atoms with E-state index in [2.05, 4.69) is 18.4 Å². The molecule has 4 unspecified atom stereocenters. The van der Waals surface area contributed by atoms with Crippen LogP contribution in [0.3, 0.4) is 0 Å². The van der Waals surface area contributed by atoms with Crippen LogP contribution in [0.4, 0.5) is 0 Å². The highest BCUT2D eigenvalue weighted by Crippen LogP contribution is 2.41. The molecule has 21 heavy (non-hydrogen) atoms. The molecule has 2 nitrogen and oxygen atoms in total. The summed E-state index contributed by atoms with van der Waals surface area (Å²) in [7, 11) is 0. The third-order valence-corrected chi connectivity index (χ3v) is 5.46. The maximum Gasteiger partial charge on any atom is 0.127 e. The molecule has 1 aliphatic rings. The molecule has 1 saturated carbocycles. The minimum absolute atomic E-state index is 0.0967. The van der Waals surface area contributed by atoms with Crippen molar-refractivity contribution in [1.29, 1.82) is 0 Å². The highest BCUT2D eigenvalue weighted by Gasteiger charge is 2.31. The number of hydrogen-bond donors (Lipinski definition) is 0. The summed E-state index contributed by atoms with van der Waals surface area (Å²) in [6.45, 7) is 6.71. The lowest BCUT2D eigenvalue weighted by Gasteiger charge is -2.36. The maximum absolute atomic E-state index is 6.41. The van der Waals surface area contributed by atoms with E-state index in [4.69, 9.17) is 28.2 Å². The Morgan fingerprint density at radius 1 is 1.29 bits per heavy atom. The number of nitrogens with zero attached hydrogens (tertiary/aromatic N) is 2. The molecule has 4 atom stereocenters. The molecule has 114 valence electrons. The third-order valence-electron chi connectivity index (χ3n) is 5.03. The lowest BCUT2D eigenvalue weighted by atomic mass is 9.78. The number of fused-ring (bicyclic) bond motifs is 1. The predicted octanol–water partition coefficient (Wildman–Crippen LogP) is 5.99. The van der Waals surface area contributed by atoms with Crippen molar-refractivity contribution >= 4 is 34.2 Å². The second-order valence-corrected chi connectivity index (χ2v) is 7.51. The SMILES string of the molecule is CC(Cl)c1nc2ccc(Cl)cc2n1C1CCCC(C)C1C. The van der Waals surface area contributed by atoms with E-state index in [1.165, 1.54) is 19.3 Å². The van der Waals surface area contributed by atoms with Crippen LogP contribution in [0.5, 0.6) is 0 Å². The van der Waals surface area contributed by atoms with Crippen molar-refractivity contribution in [3.05, 3.63) is 29.0 Å². The molecular weight excluding hydrogens is 303 g/mol. The van der Waals surface area contributed by atoms with Crippen molar-refractivity contribution in [2.75, 3.05) is 0 Å². The number of imidazole rings is 1. The molecule has 0 aliphatic heterocycles. The quantitative estimate of drug-likeness (QED) is 0.620. The van der Waals surface area contributed by atoms with E-state index in [-0.39, 0.29) is 5.38 Å². The molecular formula is C17H22Cl2N2. The largest absolute Gasteiger partial charge is 0.323 e. The van der Waals surface area contributed by atoms with Gasteiger partial charge in [-0.3, -0.25) is 0 Å². The van der Waals surface area contributed by atoms with Gasteiger partial charge < -0.3 is 4.57 Å². The van der Waals surface area contributed by atoms with Crippen LogP contribution in [0.1, 0.15) is 57.3 Å². The van der Waals surface area contributed by atoms with Crippen molar-refractivity contribution in [1.82, 2.24) is 9.55 Å². The number of rotatable bonds is 2. The molecule has 0 bridgehead atoms. The van der Waals surface area contributed by atoms with Gasteiger partial charge in [-0.05, 0) is 43.4 Å². The van der Waals surface area contributed by atoms with E-state index >= 15 is 0 Å². The van der Waals surface area contributed by atoms with Crippen molar-refractivity contribution < 1.29 is 0 Å². The minimum Gasteiger partial charge on any atom is -0.323 e. The van der Waals surface area contributed by atoms with Gasteiger partial charge in [0.05, 0.1) is 16.4 Å². The second kappa shape index (κ2) is 5.81. The zero-order valence-corrected chi connectivity index (χ0v) is 14.3. The van der Waals surface area contributed by atoms with Crippen LogP contribution in [-0.4, -0.2) is 9.55 Å². The highest BCUT2D eigenvalue weighted by atomic mass is 35.5. The molecule has 0 amide bonds. The van der Waals surface area contributed by atoms with E-state index < -0.39 is 0 Å². The smallest absolute Gasteiger partial charge is 0.127 e. The summed E-state index contributed by atoms with van der Waals surface area (Å²) in [5, 5.41) is 0.662. The average molecular weight is 325 g/mol. The Labute approximate surface area is 136 Å². The molecule has 1 fully saturated rings. The molecule has 4 heteroatoms. The molecule has 0 spiro atoms. The summed E-state index contributed by atoms with van der Waals surface area (Å²) < 4.78 is 2.36. The van der Waals surface area contributed by atoms with Gasteiger partial charge in [0.25, 0.3) is 0 Å². The molecule has 1 aromatic heterocycles. The Balaban J connectivity index is 2.18. The van der Waals surface area contributed by atoms with Crippen LogP contribution in [0.15, 0.2) is 18.2 Å². The zero-order chi connectivity index (χ0) is 15.1. The Hall–Kier alpha value is -0.730. The number of aromatic nitrogens is 2. The number of halogens is 2. The Morgan fingerprint density at radius 3 is 2.76 bits per heavy atom. The Kier molecular flexibility index (Phi) is 4.20. The maximum atomic E-state index is 6.41. The third kappa shape index (κ3) is 2.68. The highest BCUT2D eigenvalue weighted by molar-refractivity contribution is 6.31. The zero-order valence-electron chi connectivity index (χ0n) is 12.8. The van der Waals surface area contributed by atoms with Gasteiger partial charge in [0.15, 0.2) is 0 Å². The van der Waals surface area contributed by atoms with Crippen LogP contribution in [-0.2, 0) is 0 Å². The average Bonchev–Trinajstić information content (AvgIpc) is 2.80. The fraction of sp³-hybridized carbons (Fsp3) is 0.588. The second-order valence-electron chi connectivity index (χ2n) is 6.42. The van der Waals surface area contributed by atoms with Crippen molar-refractivity contribution in [2.24, 2.45) is 11.8 Å². The van der Waals surface area contributed by atoms with Gasteiger partial charge in [0, 0.05) is 11.1 Å². The summed E-state index contributed by atoms with van der Waals surface area (Å²) in [5.74, 6) is 2.34. The monoisotopic (exact) mass is 324 g/mol. The molecule has 2 aromatic rings. The van der Waals surface area contributed by atoms with Crippen LogP contribution in [0.2, 0.25) is 5.02 Å². The van der Waals surface area contributed by atoms with Crippen LogP contribution in [0, 0.1) is 11.8 Å². The fourth-order valence-corrected chi connectivity index (χ4v) is 3.95. The summed E-state index contributed by atoms with van der Waals surface area (Å²) in [5.41, 5.74) is 2.11. The molecule has 0 saturated heterocycles. The van der Waals surface area contributed by atoms with Gasteiger partial charge in [-0.15, -0.1) is 11.6 Å². The van der Waals surface area contributed by atoms with Gasteiger partial charge in [0.2, 0.25) is 0 Å². The predicted molar refractivity (Wildman–Crippen MR) is 90.2 cm³/mol. The lowest BCUT2D eigenvalue weighted by Crippen LogP contribution is -2.28. The molecule has 3 rings (SSSR count). The summed E-state index contributed by atoms with van der Waals surface area (Å²) >= 11 is 12.6. The summed E-state index contributed by atoms with van der Waals surface area (Å²) in [6.07, 6.45) is 3.78. The number of hydrogen-bond acceptors (Lipinski definition) is 1. The first-order valence-corrected chi connectivity index (χ1v) is 8.62. The van der Waals surface area contributed by atoms with Crippen molar-refractivity contribution in [3.8, 4) is 0 Å². The van der Waals surface area contributed by atoms with E-state index in [0.717, 1.165) is 27.8 Å². The Morgan fingerprint density at radius 2 is 2.05 bits per heavy atom. The van der Waals surface area contributed by atoms with E-state index in [0.29, 0.717) is 12.0 Å². The van der Waals surface area contributed by atoms with Gasteiger partial charge in [-0.25, -0.2) is 4.98 Å². The van der Waals surface area contributed by atoms with Crippen molar-refractivity contribution in [2.45, 2.75) is 51.5 Å². The van der Waals surface area contributed by atoms with E-state index in [1.807, 2.05) is 25.1 Å². The topological polar surface area (TPSA) is 17.8 Å². The molecule has 1 heterocycles. The van der Waals surface area contributed by atoms with E-state index in [9.17, 15) is 0 Å². The van der Waals surface area contributed by atoms with Gasteiger partial charge >= 0.3 is 0 Å². The van der Waals surface area contributed by atoms with Crippen LogP contribution < -0.4 is 0 Å². The first kappa shape index (κ1) is 15.2. The van der Waals surface area contributed by atoms with Gasteiger partial charge in [0.1, 0.15) is 5.82 Å². The first-order valence-electron chi connectivity index (χ1n) is 7.80.